The van der Waals surface area contributed by atoms with Crippen LogP contribution in [0.2, 0.25) is 0 Å². The minimum Gasteiger partial charge on any atom is -0.545 e. The van der Waals surface area contributed by atoms with Gasteiger partial charge in [-0.2, -0.15) is 0 Å². The zero-order valence-electron chi connectivity index (χ0n) is 20.5. The van der Waals surface area contributed by atoms with Crippen molar-refractivity contribution in [2.24, 2.45) is 0 Å². The number of rotatable bonds is 10. The van der Waals surface area contributed by atoms with Gasteiger partial charge in [-0.3, -0.25) is 0 Å². The van der Waals surface area contributed by atoms with E-state index in [9.17, 15) is 19.8 Å². The molecule has 0 bridgehead atoms. The summed E-state index contributed by atoms with van der Waals surface area (Å²) in [7, 11) is -0.840. The molecule has 1 aromatic carbocycles. The zero-order chi connectivity index (χ0) is 23.8. The first-order valence-electron chi connectivity index (χ1n) is 11.3. The van der Waals surface area contributed by atoms with Crippen LogP contribution in [0.25, 0.3) is 0 Å². The lowest BCUT2D eigenvalue weighted by Gasteiger charge is -2.20. The van der Waals surface area contributed by atoms with Crippen LogP contribution in [-0.2, 0) is 0 Å². The summed E-state index contributed by atoms with van der Waals surface area (Å²) < 4.78 is 0. The maximum Gasteiger partial charge on any atom is 0.0715 e. The van der Waals surface area contributed by atoms with Crippen molar-refractivity contribution in [3.8, 4) is 0 Å². The minimum atomic E-state index is -1.40. The molecular weight excluding hydrogens is 414 g/mol. The van der Waals surface area contributed by atoms with Crippen molar-refractivity contribution in [2.75, 3.05) is 49.3 Å². The number of carbonyl (C=O) groups excluding carboxylic acids is 2. The second-order valence-electron chi connectivity index (χ2n) is 7.37. The maximum atomic E-state index is 10.3. The first-order valence-corrected chi connectivity index (χ1v) is 16.4. The molecule has 0 unspecified atom stereocenters. The van der Waals surface area contributed by atoms with Crippen LogP contribution in [0.15, 0.2) is 24.3 Å². The Morgan fingerprint density at radius 3 is 0.967 bits per heavy atom. The summed E-state index contributed by atoms with van der Waals surface area (Å²) in [5.41, 5.74) is -0.339. The molecule has 0 aromatic heterocycles. The Balaban J connectivity index is 0. The highest BCUT2D eigenvalue weighted by molar-refractivity contribution is 7.76. The second kappa shape index (κ2) is 16.7. The monoisotopic (exact) mass is 458 g/mol. The normalized spacial score (nSPS) is 10.9. The molecule has 0 fully saturated rings. The van der Waals surface area contributed by atoms with Crippen molar-refractivity contribution in [3.05, 3.63) is 35.4 Å². The van der Waals surface area contributed by atoms with Gasteiger partial charge < -0.3 is 19.8 Å². The number of hydrogen-bond acceptors (Lipinski definition) is 4. The van der Waals surface area contributed by atoms with Gasteiger partial charge in [-0.1, -0.05) is 18.2 Å². The van der Waals surface area contributed by atoms with Gasteiger partial charge in [0.1, 0.15) is 0 Å². The van der Waals surface area contributed by atoms with Gasteiger partial charge >= 0.3 is 0 Å². The molecule has 0 amide bonds. The molecule has 0 aliphatic rings. The van der Waals surface area contributed by atoms with E-state index in [1.807, 2.05) is 0 Å². The van der Waals surface area contributed by atoms with E-state index in [0.717, 1.165) is 6.07 Å². The highest BCUT2D eigenvalue weighted by Crippen LogP contribution is 2.57. The molecule has 0 saturated carbocycles. The number of carboxylic acid groups (broad SMARTS) is 2. The molecule has 4 nitrogen and oxygen atoms in total. The molecule has 0 saturated heterocycles. The van der Waals surface area contributed by atoms with Crippen LogP contribution in [0.5, 0.6) is 0 Å². The van der Waals surface area contributed by atoms with Crippen molar-refractivity contribution < 1.29 is 19.8 Å². The van der Waals surface area contributed by atoms with Gasteiger partial charge in [-0.05, 0) is 72.6 Å². The molecule has 0 spiro atoms. The summed E-state index contributed by atoms with van der Waals surface area (Å²) in [5.74, 6) is -2.81. The summed E-state index contributed by atoms with van der Waals surface area (Å²) in [6.45, 7) is 18.8. The predicted molar refractivity (Wildman–Crippen MR) is 133 cm³/mol. The molecular formula is C24H44O4P2. The van der Waals surface area contributed by atoms with E-state index in [1.54, 1.807) is 0 Å². The lowest BCUT2D eigenvalue weighted by atomic mass is 10.1. The number of hydrogen-bond donors (Lipinski definition) is 0. The fraction of sp³-hybridized carbons (Fsp3) is 0.667. The van der Waals surface area contributed by atoms with E-state index in [1.165, 1.54) is 67.5 Å². The van der Waals surface area contributed by atoms with Crippen LogP contribution < -0.4 is 10.2 Å². The van der Waals surface area contributed by atoms with E-state index in [0.29, 0.717) is 0 Å². The van der Waals surface area contributed by atoms with E-state index in [4.69, 9.17) is 0 Å². The number of carbonyl (C=O) groups is 2. The lowest BCUT2D eigenvalue weighted by molar-refractivity contribution is -0.255. The SMILES string of the molecule is CC[P+](CC)(CC)CC.CC[P+](CC)(CC)CC.O=C([O-])c1cccc(C(=O)[O-])c1. The van der Waals surface area contributed by atoms with Crippen molar-refractivity contribution in [1.29, 1.82) is 0 Å². The summed E-state index contributed by atoms with van der Waals surface area (Å²) >= 11 is 0. The summed E-state index contributed by atoms with van der Waals surface area (Å²) in [5, 5.41) is 20.5. The molecule has 1 aromatic rings. The van der Waals surface area contributed by atoms with Gasteiger partial charge in [-0.25, -0.2) is 0 Å². The Bertz CT molecular complexity index is 525. The van der Waals surface area contributed by atoms with Gasteiger partial charge in [0.2, 0.25) is 0 Å². The highest BCUT2D eigenvalue weighted by atomic mass is 31.2. The maximum absolute atomic E-state index is 10.3. The smallest absolute Gasteiger partial charge is 0.0715 e. The van der Waals surface area contributed by atoms with Crippen LogP contribution in [0.1, 0.15) is 76.1 Å². The van der Waals surface area contributed by atoms with Crippen molar-refractivity contribution in [1.82, 2.24) is 0 Å². The quantitative estimate of drug-likeness (QED) is 0.481. The van der Waals surface area contributed by atoms with Crippen LogP contribution in [0.4, 0.5) is 0 Å². The second-order valence-corrected chi connectivity index (χ2v) is 17.8. The van der Waals surface area contributed by atoms with E-state index in [-0.39, 0.29) is 11.1 Å². The molecule has 0 heterocycles. The fourth-order valence-electron chi connectivity index (χ4n) is 3.46. The summed E-state index contributed by atoms with van der Waals surface area (Å²) in [6.07, 6.45) is 11.6. The van der Waals surface area contributed by atoms with Gasteiger partial charge in [-0.15, -0.1) is 0 Å². The third-order valence-corrected chi connectivity index (χ3v) is 17.4. The Morgan fingerprint density at radius 2 is 0.833 bits per heavy atom. The fourth-order valence-corrected chi connectivity index (χ4v) is 8.82. The van der Waals surface area contributed by atoms with E-state index >= 15 is 0 Å². The molecule has 30 heavy (non-hydrogen) atoms. The molecule has 6 heteroatoms. The van der Waals surface area contributed by atoms with Crippen LogP contribution >= 0.6 is 14.5 Å². The predicted octanol–water partition coefficient (Wildman–Crippen LogP) is 4.58. The van der Waals surface area contributed by atoms with Gasteiger partial charge in [0, 0.05) is 14.5 Å². The number of carboxylic acids is 2. The minimum absolute atomic E-state index is 0.170. The average Bonchev–Trinajstić information content (AvgIpc) is 2.79. The lowest BCUT2D eigenvalue weighted by Crippen LogP contribution is -2.25. The first-order chi connectivity index (χ1) is 14.1. The molecule has 0 atom stereocenters. The van der Waals surface area contributed by atoms with E-state index in [2.05, 4.69) is 55.4 Å². The molecule has 0 aliphatic carbocycles. The van der Waals surface area contributed by atoms with Crippen molar-refractivity contribution in [3.63, 3.8) is 0 Å². The molecule has 0 N–H and O–H groups in total. The number of benzene rings is 1. The van der Waals surface area contributed by atoms with Gasteiger partial charge in [0.15, 0.2) is 0 Å². The van der Waals surface area contributed by atoms with E-state index < -0.39 is 26.5 Å². The molecule has 0 radical (unpaired) electrons. The summed E-state index contributed by atoms with van der Waals surface area (Å²) in [4.78, 5) is 20.5. The van der Waals surface area contributed by atoms with Crippen LogP contribution in [-0.4, -0.2) is 61.2 Å². The molecule has 0 aliphatic heterocycles. The Hall–Kier alpha value is -0.980. The van der Waals surface area contributed by atoms with Gasteiger partial charge in [0.25, 0.3) is 0 Å². The largest absolute Gasteiger partial charge is 0.545 e. The first kappa shape index (κ1) is 31.2. The summed E-state index contributed by atoms with van der Waals surface area (Å²) in [6, 6.07) is 4.81. The third kappa shape index (κ3) is 10.9. The van der Waals surface area contributed by atoms with Crippen molar-refractivity contribution in [2.45, 2.75) is 55.4 Å². The average molecular weight is 459 g/mol. The Morgan fingerprint density at radius 1 is 0.600 bits per heavy atom. The van der Waals surface area contributed by atoms with Crippen molar-refractivity contribution >= 4 is 26.5 Å². The standard InChI is InChI=1S/C8H6O4.2C8H20P/c9-7(10)5-2-1-3-6(4-5)8(11)12;2*1-5-9(6-2,7-3)8-4/h1-4H,(H,9,10)(H,11,12);2*5-8H2,1-4H3/q;2*+1/p-2. The third-order valence-electron chi connectivity index (χ3n) is 6.70. The Kier molecular flexibility index (Phi) is 17.4. The Labute approximate surface area is 186 Å². The molecule has 1 rings (SSSR count). The van der Waals surface area contributed by atoms with Crippen LogP contribution in [0.3, 0.4) is 0 Å². The van der Waals surface area contributed by atoms with Gasteiger partial charge in [0.05, 0.1) is 61.2 Å². The topological polar surface area (TPSA) is 80.3 Å². The highest BCUT2D eigenvalue weighted by Gasteiger charge is 2.28. The van der Waals surface area contributed by atoms with Crippen LogP contribution in [0, 0.1) is 0 Å². The molecule has 174 valence electrons. The number of aromatic carboxylic acids is 2. The zero-order valence-corrected chi connectivity index (χ0v) is 22.3.